The molecule has 0 amide bonds. The van der Waals surface area contributed by atoms with E-state index in [0.29, 0.717) is 0 Å². The molecule has 1 aromatic carbocycles. The molecule has 0 saturated heterocycles. The third-order valence-electron chi connectivity index (χ3n) is 2.90. The lowest BCUT2D eigenvalue weighted by atomic mass is 10.2. The maximum absolute atomic E-state index is 4.16. The molecule has 1 aromatic heterocycles. The summed E-state index contributed by atoms with van der Waals surface area (Å²) in [5.74, 6) is 0.775. The first-order chi connectivity index (χ1) is 9.22. The molecule has 2 rings (SSSR count). The van der Waals surface area contributed by atoms with Crippen LogP contribution in [0.3, 0.4) is 0 Å². The van der Waals surface area contributed by atoms with Crippen LogP contribution in [0.15, 0.2) is 41.3 Å². The van der Waals surface area contributed by atoms with Crippen molar-refractivity contribution in [1.82, 2.24) is 9.97 Å². The monoisotopic (exact) mass is 320 g/mol. The summed E-state index contributed by atoms with van der Waals surface area (Å²) in [6, 6.07) is 10.2. The zero-order valence-electron chi connectivity index (χ0n) is 11.1. The lowest BCUT2D eigenvalue weighted by molar-refractivity contribution is 0.866. The van der Waals surface area contributed by atoms with E-state index in [2.05, 4.69) is 74.2 Å². The number of rotatable bonds is 5. The van der Waals surface area contributed by atoms with E-state index in [4.69, 9.17) is 0 Å². The second-order valence-electron chi connectivity index (χ2n) is 4.07. The predicted octanol–water partition coefficient (Wildman–Crippen LogP) is 3.83. The SMILES string of the molecule is CCN(CC)c1ccc(Nc2cc(Br)ncn2)cc1. The first-order valence-corrected chi connectivity index (χ1v) is 7.11. The van der Waals surface area contributed by atoms with E-state index in [1.165, 1.54) is 12.0 Å². The van der Waals surface area contributed by atoms with Crippen molar-refractivity contribution in [3.63, 3.8) is 0 Å². The third kappa shape index (κ3) is 3.67. The Balaban J connectivity index is 2.10. The zero-order chi connectivity index (χ0) is 13.7. The van der Waals surface area contributed by atoms with Gasteiger partial charge < -0.3 is 10.2 Å². The Morgan fingerprint density at radius 2 is 1.79 bits per heavy atom. The van der Waals surface area contributed by atoms with E-state index in [-0.39, 0.29) is 0 Å². The molecule has 1 heterocycles. The second-order valence-corrected chi connectivity index (χ2v) is 4.88. The summed E-state index contributed by atoms with van der Waals surface area (Å²) in [4.78, 5) is 10.5. The van der Waals surface area contributed by atoms with E-state index in [1.54, 1.807) is 0 Å². The molecule has 0 aliphatic rings. The van der Waals surface area contributed by atoms with Crippen LogP contribution in [0.1, 0.15) is 13.8 Å². The molecule has 0 atom stereocenters. The first-order valence-electron chi connectivity index (χ1n) is 6.32. The highest BCUT2D eigenvalue weighted by atomic mass is 79.9. The molecule has 0 bridgehead atoms. The quantitative estimate of drug-likeness (QED) is 0.850. The highest BCUT2D eigenvalue weighted by Gasteiger charge is 2.02. The minimum atomic E-state index is 0.768. The summed E-state index contributed by atoms with van der Waals surface area (Å²) in [5, 5.41) is 3.25. The fourth-order valence-electron chi connectivity index (χ4n) is 1.89. The molecule has 4 nitrogen and oxygen atoms in total. The van der Waals surface area contributed by atoms with Crippen molar-refractivity contribution in [3.05, 3.63) is 41.3 Å². The molecule has 0 fully saturated rings. The summed E-state index contributed by atoms with van der Waals surface area (Å²) in [6.07, 6.45) is 1.52. The van der Waals surface area contributed by atoms with Crippen molar-refractivity contribution in [1.29, 1.82) is 0 Å². The van der Waals surface area contributed by atoms with Crippen LogP contribution in [0, 0.1) is 0 Å². The Hall–Kier alpha value is -1.62. The number of anilines is 3. The van der Waals surface area contributed by atoms with Crippen LogP contribution in [0.5, 0.6) is 0 Å². The summed E-state index contributed by atoms with van der Waals surface area (Å²) >= 11 is 3.33. The highest BCUT2D eigenvalue weighted by Crippen LogP contribution is 2.20. The Kier molecular flexibility index (Phi) is 4.74. The number of aromatic nitrogens is 2. The average Bonchev–Trinajstić information content (AvgIpc) is 2.42. The van der Waals surface area contributed by atoms with Crippen LogP contribution in [0.2, 0.25) is 0 Å². The van der Waals surface area contributed by atoms with Crippen LogP contribution in [-0.4, -0.2) is 23.1 Å². The fourth-order valence-corrected chi connectivity index (χ4v) is 2.20. The van der Waals surface area contributed by atoms with E-state index >= 15 is 0 Å². The van der Waals surface area contributed by atoms with Crippen LogP contribution >= 0.6 is 15.9 Å². The van der Waals surface area contributed by atoms with E-state index in [9.17, 15) is 0 Å². The van der Waals surface area contributed by atoms with Crippen molar-refractivity contribution < 1.29 is 0 Å². The van der Waals surface area contributed by atoms with Gasteiger partial charge in [0.15, 0.2) is 0 Å². The number of nitrogens with zero attached hydrogens (tertiary/aromatic N) is 3. The smallest absolute Gasteiger partial charge is 0.134 e. The molecule has 2 aromatic rings. The molecule has 0 aliphatic heterocycles. The average molecular weight is 321 g/mol. The third-order valence-corrected chi connectivity index (χ3v) is 3.34. The first kappa shape index (κ1) is 13.8. The standard InChI is InChI=1S/C14H17BrN4/c1-3-19(4-2)12-7-5-11(6-8-12)18-14-9-13(15)16-10-17-14/h5-10H,3-4H2,1-2H3,(H,16,17,18). The Morgan fingerprint density at radius 1 is 1.11 bits per heavy atom. The largest absolute Gasteiger partial charge is 0.372 e. The number of nitrogens with one attached hydrogen (secondary N) is 1. The lowest BCUT2D eigenvalue weighted by Crippen LogP contribution is -2.21. The van der Waals surface area contributed by atoms with Crippen molar-refractivity contribution in [2.45, 2.75) is 13.8 Å². The van der Waals surface area contributed by atoms with Gasteiger partial charge >= 0.3 is 0 Å². The topological polar surface area (TPSA) is 41.0 Å². The molecular weight excluding hydrogens is 304 g/mol. The molecule has 1 N–H and O–H groups in total. The minimum absolute atomic E-state index is 0.768. The van der Waals surface area contributed by atoms with Gasteiger partial charge in [-0.05, 0) is 54.0 Å². The Morgan fingerprint density at radius 3 is 2.37 bits per heavy atom. The normalized spacial score (nSPS) is 10.3. The molecule has 0 radical (unpaired) electrons. The summed E-state index contributed by atoms with van der Waals surface area (Å²) in [6.45, 7) is 6.35. The van der Waals surface area contributed by atoms with Gasteiger partial charge in [-0.3, -0.25) is 0 Å². The van der Waals surface area contributed by atoms with Gasteiger partial charge in [0.05, 0.1) is 0 Å². The summed E-state index contributed by atoms with van der Waals surface area (Å²) in [5.41, 5.74) is 2.25. The van der Waals surface area contributed by atoms with Gasteiger partial charge in [-0.15, -0.1) is 0 Å². The van der Waals surface area contributed by atoms with Crippen molar-refractivity contribution in [2.75, 3.05) is 23.3 Å². The minimum Gasteiger partial charge on any atom is -0.372 e. The number of hydrogen-bond acceptors (Lipinski definition) is 4. The van der Waals surface area contributed by atoms with Crippen LogP contribution in [0.4, 0.5) is 17.2 Å². The van der Waals surface area contributed by atoms with Gasteiger partial charge in [-0.1, -0.05) is 0 Å². The maximum Gasteiger partial charge on any atom is 0.134 e. The number of benzene rings is 1. The number of halogens is 1. The van der Waals surface area contributed by atoms with Crippen molar-refractivity contribution in [2.24, 2.45) is 0 Å². The van der Waals surface area contributed by atoms with Crippen molar-refractivity contribution in [3.8, 4) is 0 Å². The van der Waals surface area contributed by atoms with Gasteiger partial charge in [0.1, 0.15) is 16.7 Å². The molecule has 5 heteroatoms. The second kappa shape index (κ2) is 6.52. The van der Waals surface area contributed by atoms with Crippen molar-refractivity contribution >= 4 is 33.1 Å². The van der Waals surface area contributed by atoms with Gasteiger partial charge in [-0.25, -0.2) is 9.97 Å². The lowest BCUT2D eigenvalue weighted by Gasteiger charge is -2.21. The van der Waals surface area contributed by atoms with Crippen LogP contribution in [-0.2, 0) is 0 Å². The van der Waals surface area contributed by atoms with Crippen LogP contribution in [0.25, 0.3) is 0 Å². The summed E-state index contributed by atoms with van der Waals surface area (Å²) < 4.78 is 0.768. The molecule has 0 saturated carbocycles. The van der Waals surface area contributed by atoms with Crippen LogP contribution < -0.4 is 10.2 Å². The Bertz CT molecular complexity index is 523. The number of hydrogen-bond donors (Lipinski definition) is 1. The summed E-state index contributed by atoms with van der Waals surface area (Å²) in [7, 11) is 0. The molecule has 0 aliphatic carbocycles. The maximum atomic E-state index is 4.16. The van der Waals surface area contributed by atoms with Gasteiger partial charge in [0.25, 0.3) is 0 Å². The van der Waals surface area contributed by atoms with E-state index in [1.807, 2.05) is 6.07 Å². The Labute approximate surface area is 122 Å². The predicted molar refractivity (Wildman–Crippen MR) is 83.0 cm³/mol. The molecular formula is C14H17BrN4. The highest BCUT2D eigenvalue weighted by molar-refractivity contribution is 9.10. The van der Waals surface area contributed by atoms with E-state index in [0.717, 1.165) is 29.2 Å². The molecule has 100 valence electrons. The molecule has 19 heavy (non-hydrogen) atoms. The van der Waals surface area contributed by atoms with Gasteiger partial charge in [-0.2, -0.15) is 0 Å². The molecule has 0 unspecified atom stereocenters. The van der Waals surface area contributed by atoms with Gasteiger partial charge in [0, 0.05) is 30.5 Å². The zero-order valence-corrected chi connectivity index (χ0v) is 12.7. The van der Waals surface area contributed by atoms with E-state index < -0.39 is 0 Å². The molecule has 0 spiro atoms. The fraction of sp³-hybridized carbons (Fsp3) is 0.286. The van der Waals surface area contributed by atoms with Gasteiger partial charge in [0.2, 0.25) is 0 Å².